The fourth-order valence-corrected chi connectivity index (χ4v) is 6.03. The van der Waals surface area contributed by atoms with Gasteiger partial charge in [0.2, 0.25) is 0 Å². The normalized spacial score (nSPS) is 22.1. The van der Waals surface area contributed by atoms with Crippen molar-refractivity contribution < 1.29 is 19.1 Å². The molecule has 0 heterocycles. The van der Waals surface area contributed by atoms with Crippen molar-refractivity contribution in [1.82, 2.24) is 4.90 Å². The molecule has 2 aromatic carbocycles. The summed E-state index contributed by atoms with van der Waals surface area (Å²) in [6.45, 7) is 14.0. The molecule has 1 saturated carbocycles. The Hall–Kier alpha value is -2.92. The second-order valence-corrected chi connectivity index (χ2v) is 12.8. The van der Waals surface area contributed by atoms with Gasteiger partial charge >= 0.3 is 11.9 Å². The van der Waals surface area contributed by atoms with E-state index < -0.39 is 17.1 Å². The highest BCUT2D eigenvalue weighted by Gasteiger charge is 2.47. The number of benzene rings is 2. The molecule has 0 spiro atoms. The van der Waals surface area contributed by atoms with E-state index in [0.29, 0.717) is 17.9 Å². The summed E-state index contributed by atoms with van der Waals surface area (Å²) in [5.74, 6) is 0.313. The molecule has 5 nitrogen and oxygen atoms in total. The predicted octanol–water partition coefficient (Wildman–Crippen LogP) is 7.83. The van der Waals surface area contributed by atoms with Crippen molar-refractivity contribution in [3.8, 4) is 0 Å². The zero-order valence-corrected chi connectivity index (χ0v) is 26.0. The molecule has 0 aromatic heterocycles. The van der Waals surface area contributed by atoms with Gasteiger partial charge in [-0.3, -0.25) is 4.90 Å². The van der Waals surface area contributed by atoms with E-state index in [2.05, 4.69) is 38.1 Å². The molecule has 1 unspecified atom stereocenters. The largest absolute Gasteiger partial charge is 0.460 e. The van der Waals surface area contributed by atoms with Crippen LogP contribution in [0.1, 0.15) is 100 Å². The van der Waals surface area contributed by atoms with Gasteiger partial charge in [-0.1, -0.05) is 68.8 Å². The highest BCUT2D eigenvalue weighted by Crippen LogP contribution is 2.42. The maximum Gasteiger partial charge on any atom is 0.338 e. The molecule has 2 aromatic rings. The van der Waals surface area contributed by atoms with Gasteiger partial charge in [-0.2, -0.15) is 0 Å². The molecule has 1 aliphatic carbocycles. The smallest absolute Gasteiger partial charge is 0.338 e. The highest BCUT2D eigenvalue weighted by molar-refractivity contribution is 5.91. The third kappa shape index (κ3) is 7.23. The predicted molar refractivity (Wildman–Crippen MR) is 162 cm³/mol. The Morgan fingerprint density at radius 2 is 1.75 bits per heavy atom. The van der Waals surface area contributed by atoms with Crippen LogP contribution in [0.5, 0.6) is 0 Å². The van der Waals surface area contributed by atoms with Crippen LogP contribution >= 0.6 is 0 Å². The number of aryl methyl sites for hydroxylation is 1. The summed E-state index contributed by atoms with van der Waals surface area (Å²) in [6.07, 6.45) is 7.20. The molecule has 1 fully saturated rings. The molecule has 0 bridgehead atoms. The fourth-order valence-electron chi connectivity index (χ4n) is 6.03. The number of hydrogen-bond donors (Lipinski definition) is 0. The fraction of sp³-hybridized carbons (Fsp3) is 0.543. The number of hydrogen-bond acceptors (Lipinski definition) is 5. The lowest BCUT2D eigenvalue weighted by molar-refractivity contribution is -0.169. The van der Waals surface area contributed by atoms with Crippen LogP contribution in [0.4, 0.5) is 0 Å². The summed E-state index contributed by atoms with van der Waals surface area (Å²) < 4.78 is 12.3. The summed E-state index contributed by atoms with van der Waals surface area (Å²) in [5.41, 5.74) is 1.67. The number of rotatable bonds is 9. The number of nitrogens with zero attached hydrogens (tertiary/aromatic N) is 1. The summed E-state index contributed by atoms with van der Waals surface area (Å²) in [4.78, 5) is 29.5. The van der Waals surface area contributed by atoms with E-state index in [9.17, 15) is 9.59 Å². The van der Waals surface area contributed by atoms with Crippen molar-refractivity contribution in [2.24, 2.45) is 11.8 Å². The maximum absolute atomic E-state index is 14.5. The molecule has 0 aliphatic heterocycles. The minimum absolute atomic E-state index is 0.189. The van der Waals surface area contributed by atoms with Crippen LogP contribution in [-0.4, -0.2) is 42.6 Å². The van der Waals surface area contributed by atoms with Crippen LogP contribution in [0, 0.1) is 18.8 Å². The van der Waals surface area contributed by atoms with Gasteiger partial charge < -0.3 is 9.47 Å². The first kappa shape index (κ1) is 31.6. The number of allylic oxidation sites excluding steroid dienone is 1. The summed E-state index contributed by atoms with van der Waals surface area (Å²) >= 11 is 0. The third-order valence-corrected chi connectivity index (χ3v) is 8.40. The molecular weight excluding hydrogens is 498 g/mol. The minimum atomic E-state index is -1.10. The lowest BCUT2D eigenvalue weighted by atomic mass is 9.72. The van der Waals surface area contributed by atoms with E-state index in [4.69, 9.17) is 9.47 Å². The number of carbonyl (C=O) groups excluding carboxylic acids is 2. The van der Waals surface area contributed by atoms with E-state index in [1.807, 2.05) is 84.0 Å². The van der Waals surface area contributed by atoms with E-state index in [1.165, 1.54) is 5.56 Å². The summed E-state index contributed by atoms with van der Waals surface area (Å²) in [5, 5.41) is 0. The van der Waals surface area contributed by atoms with Crippen molar-refractivity contribution in [2.75, 3.05) is 14.1 Å². The van der Waals surface area contributed by atoms with Gasteiger partial charge in [0.25, 0.3) is 0 Å². The van der Waals surface area contributed by atoms with E-state index in [0.717, 1.165) is 30.4 Å². The van der Waals surface area contributed by atoms with Crippen molar-refractivity contribution in [3.05, 3.63) is 82.9 Å². The quantitative estimate of drug-likeness (QED) is 0.237. The van der Waals surface area contributed by atoms with Crippen LogP contribution in [0.2, 0.25) is 0 Å². The molecule has 0 saturated heterocycles. The number of ether oxygens (including phenoxy) is 2. The summed E-state index contributed by atoms with van der Waals surface area (Å²) in [7, 11) is 3.83. The van der Waals surface area contributed by atoms with Crippen LogP contribution in [0.3, 0.4) is 0 Å². The highest BCUT2D eigenvalue weighted by atomic mass is 16.6. The van der Waals surface area contributed by atoms with E-state index >= 15 is 0 Å². The second kappa shape index (κ2) is 13.2. The molecule has 0 radical (unpaired) electrons. The van der Waals surface area contributed by atoms with Crippen LogP contribution in [0.25, 0.3) is 0 Å². The standard InChI is InChI=1S/C35H49NO4/c1-10-11-21-35(36(8)9,30-23-28(19-18-25(30)3)32(37)40-34(5,6)7)33(38)39-31-22-24(2)17-20-29(31)26(4)27-15-13-12-14-16-27/h10-16,18-19,23-24,26,29,31H,17,20-22H2,1-9H3/b11-10+/t24-,26?,29+,31-,35-/m1/s1. The van der Waals surface area contributed by atoms with Gasteiger partial charge in [0.1, 0.15) is 17.2 Å². The van der Waals surface area contributed by atoms with Gasteiger partial charge in [0, 0.05) is 5.92 Å². The SMILES string of the molecule is C/C=C/C[C@](C(=O)O[C@@H]1C[C@H](C)CC[C@H]1C(C)c1ccccc1)(c1cc(C(=O)OC(C)(C)C)ccc1C)N(C)C. The van der Waals surface area contributed by atoms with Crippen molar-refractivity contribution in [1.29, 1.82) is 0 Å². The average molecular weight is 548 g/mol. The molecule has 5 heteroatoms. The number of carbonyl (C=O) groups is 2. The van der Waals surface area contributed by atoms with Gasteiger partial charge in [0.15, 0.2) is 0 Å². The molecule has 5 atom stereocenters. The summed E-state index contributed by atoms with van der Waals surface area (Å²) in [6, 6.07) is 16.0. The van der Waals surface area contributed by atoms with Crippen LogP contribution in [0.15, 0.2) is 60.7 Å². The third-order valence-electron chi connectivity index (χ3n) is 8.40. The van der Waals surface area contributed by atoms with Gasteiger partial charge in [-0.05, 0) is 109 Å². The first-order chi connectivity index (χ1) is 18.8. The Morgan fingerprint density at radius 3 is 2.35 bits per heavy atom. The van der Waals surface area contributed by atoms with E-state index in [-0.39, 0.29) is 23.9 Å². The minimum Gasteiger partial charge on any atom is -0.460 e. The monoisotopic (exact) mass is 547 g/mol. The lowest BCUT2D eigenvalue weighted by Crippen LogP contribution is -2.51. The molecule has 0 N–H and O–H groups in total. The molecule has 218 valence electrons. The molecule has 0 amide bonds. The Labute approximate surface area is 241 Å². The molecule has 3 rings (SSSR count). The Morgan fingerprint density at radius 1 is 1.07 bits per heavy atom. The van der Waals surface area contributed by atoms with Gasteiger partial charge in [-0.25, -0.2) is 9.59 Å². The van der Waals surface area contributed by atoms with E-state index in [1.54, 1.807) is 6.07 Å². The van der Waals surface area contributed by atoms with Crippen molar-refractivity contribution in [3.63, 3.8) is 0 Å². The van der Waals surface area contributed by atoms with Crippen molar-refractivity contribution in [2.45, 2.75) is 97.3 Å². The molecular formula is C35H49NO4. The van der Waals surface area contributed by atoms with Gasteiger partial charge in [-0.15, -0.1) is 0 Å². The Kier molecular flexibility index (Phi) is 10.4. The first-order valence-corrected chi connectivity index (χ1v) is 14.7. The Balaban J connectivity index is 2.05. The topological polar surface area (TPSA) is 55.8 Å². The van der Waals surface area contributed by atoms with Crippen LogP contribution < -0.4 is 0 Å². The van der Waals surface area contributed by atoms with Crippen LogP contribution in [-0.2, 0) is 19.8 Å². The Bertz CT molecular complexity index is 1180. The first-order valence-electron chi connectivity index (χ1n) is 14.7. The molecule has 40 heavy (non-hydrogen) atoms. The second-order valence-electron chi connectivity index (χ2n) is 12.8. The zero-order valence-electron chi connectivity index (χ0n) is 26.0. The number of esters is 2. The number of likely N-dealkylation sites (N-methyl/N-ethyl adjacent to an activating group) is 1. The van der Waals surface area contributed by atoms with Crippen molar-refractivity contribution >= 4 is 11.9 Å². The molecule has 1 aliphatic rings. The average Bonchev–Trinajstić information content (AvgIpc) is 2.89. The zero-order chi connectivity index (χ0) is 29.7. The van der Waals surface area contributed by atoms with Gasteiger partial charge in [0.05, 0.1) is 5.56 Å². The maximum atomic E-state index is 14.5. The lowest BCUT2D eigenvalue weighted by Gasteiger charge is -2.43.